The maximum atomic E-state index is 13.1. The molecule has 0 aliphatic carbocycles. The fourth-order valence-electron chi connectivity index (χ4n) is 3.08. The summed E-state index contributed by atoms with van der Waals surface area (Å²) in [6.07, 6.45) is 0.0484. The van der Waals surface area contributed by atoms with Crippen LogP contribution in [0.3, 0.4) is 0 Å². The van der Waals surface area contributed by atoms with Crippen molar-refractivity contribution < 1.29 is 18.8 Å². The first-order valence-corrected chi connectivity index (χ1v) is 8.00. The maximum Gasteiger partial charge on any atom is 0.281 e. The van der Waals surface area contributed by atoms with E-state index in [-0.39, 0.29) is 24.6 Å². The monoisotopic (exact) mass is 358 g/mol. The van der Waals surface area contributed by atoms with Gasteiger partial charge in [-0.3, -0.25) is 9.59 Å². The molecule has 7 heteroatoms. The summed E-state index contributed by atoms with van der Waals surface area (Å²) in [5.41, 5.74) is 0.218. The second kappa shape index (κ2) is 5.67. The first-order valence-electron chi connectivity index (χ1n) is 7.62. The van der Waals surface area contributed by atoms with Crippen LogP contribution in [0, 0.1) is 5.82 Å². The van der Waals surface area contributed by atoms with Gasteiger partial charge < -0.3 is 4.84 Å². The minimum atomic E-state index is -1.34. The number of oxime groups is 1. The largest absolute Gasteiger partial charge is 0.378 e. The SMILES string of the molecule is O=C1C[C@@]2(CC(c3ccc(F)cc3)=NO2)C(=O)N1c1cccc(Cl)c1. The molecule has 25 heavy (non-hydrogen) atoms. The molecule has 1 fully saturated rings. The molecule has 1 spiro atoms. The number of imide groups is 1. The highest BCUT2D eigenvalue weighted by atomic mass is 35.5. The Labute approximate surface area is 147 Å². The van der Waals surface area contributed by atoms with Crippen LogP contribution in [0.25, 0.3) is 0 Å². The number of nitrogens with zero attached hydrogens (tertiary/aromatic N) is 2. The average Bonchev–Trinajstić information content (AvgIpc) is 3.10. The van der Waals surface area contributed by atoms with E-state index in [4.69, 9.17) is 16.4 Å². The standard InChI is InChI=1S/C18H12ClFN2O3/c19-12-2-1-3-14(8-12)22-16(23)10-18(17(22)24)9-15(21-25-18)11-4-6-13(20)7-5-11/h1-8H,9-10H2/t18-/m0/s1. The number of anilines is 1. The molecular weight excluding hydrogens is 347 g/mol. The molecule has 0 N–H and O–H groups in total. The van der Waals surface area contributed by atoms with Gasteiger partial charge in [0.1, 0.15) is 5.82 Å². The molecular formula is C18H12ClFN2O3. The molecule has 2 heterocycles. The third kappa shape index (κ3) is 2.59. The maximum absolute atomic E-state index is 13.1. The summed E-state index contributed by atoms with van der Waals surface area (Å²) < 4.78 is 13.1. The Morgan fingerprint density at radius 3 is 2.60 bits per heavy atom. The minimum absolute atomic E-state index is 0.105. The molecule has 2 aromatic carbocycles. The highest BCUT2D eigenvalue weighted by Crippen LogP contribution is 2.39. The lowest BCUT2D eigenvalue weighted by atomic mass is 9.92. The van der Waals surface area contributed by atoms with Crippen molar-refractivity contribution in [3.05, 3.63) is 64.9 Å². The van der Waals surface area contributed by atoms with Gasteiger partial charge in [-0.05, 0) is 35.9 Å². The Hall–Kier alpha value is -2.73. The van der Waals surface area contributed by atoms with Crippen molar-refractivity contribution >= 4 is 34.8 Å². The van der Waals surface area contributed by atoms with Crippen molar-refractivity contribution in [2.45, 2.75) is 18.4 Å². The Morgan fingerprint density at radius 1 is 1.12 bits per heavy atom. The van der Waals surface area contributed by atoms with Gasteiger partial charge in [0.15, 0.2) is 0 Å². The Balaban J connectivity index is 1.61. The van der Waals surface area contributed by atoms with Gasteiger partial charge in [-0.2, -0.15) is 0 Å². The van der Waals surface area contributed by atoms with E-state index in [1.165, 1.54) is 12.1 Å². The highest BCUT2D eigenvalue weighted by molar-refractivity contribution is 6.31. The molecule has 2 amide bonds. The molecule has 1 atom stereocenters. The van der Waals surface area contributed by atoms with Crippen LogP contribution in [0.1, 0.15) is 18.4 Å². The third-order valence-electron chi connectivity index (χ3n) is 4.31. The quantitative estimate of drug-likeness (QED) is 0.774. The van der Waals surface area contributed by atoms with Gasteiger partial charge in [-0.15, -0.1) is 0 Å². The molecule has 4 rings (SSSR count). The summed E-state index contributed by atoms with van der Waals surface area (Å²) in [7, 11) is 0. The molecule has 2 aliphatic rings. The van der Waals surface area contributed by atoms with E-state index in [1.54, 1.807) is 36.4 Å². The first kappa shape index (κ1) is 15.8. The van der Waals surface area contributed by atoms with Crippen LogP contribution >= 0.6 is 11.6 Å². The average molecular weight is 359 g/mol. The summed E-state index contributed by atoms with van der Waals surface area (Å²) in [4.78, 5) is 31.8. The van der Waals surface area contributed by atoms with Crippen LogP contribution in [0.4, 0.5) is 10.1 Å². The summed E-state index contributed by atoms with van der Waals surface area (Å²) in [6, 6.07) is 12.3. The predicted molar refractivity (Wildman–Crippen MR) is 89.9 cm³/mol. The molecule has 2 aliphatic heterocycles. The predicted octanol–water partition coefficient (Wildman–Crippen LogP) is 3.31. The van der Waals surface area contributed by atoms with Gasteiger partial charge in [0.2, 0.25) is 11.5 Å². The van der Waals surface area contributed by atoms with Gasteiger partial charge >= 0.3 is 0 Å². The van der Waals surface area contributed by atoms with E-state index in [0.29, 0.717) is 22.0 Å². The van der Waals surface area contributed by atoms with Gasteiger partial charge in [0, 0.05) is 11.4 Å². The lowest BCUT2D eigenvalue weighted by Crippen LogP contribution is -2.40. The number of rotatable bonds is 2. The number of carbonyl (C=O) groups excluding carboxylic acids is 2. The third-order valence-corrected chi connectivity index (χ3v) is 4.54. The lowest BCUT2D eigenvalue weighted by molar-refractivity contribution is -0.136. The van der Waals surface area contributed by atoms with Crippen LogP contribution in [0.5, 0.6) is 0 Å². The van der Waals surface area contributed by atoms with Gasteiger partial charge in [0.25, 0.3) is 5.91 Å². The van der Waals surface area contributed by atoms with Crippen molar-refractivity contribution in [3.8, 4) is 0 Å². The second-order valence-corrected chi connectivity index (χ2v) is 6.43. The van der Waals surface area contributed by atoms with Crippen molar-refractivity contribution in [2.24, 2.45) is 5.16 Å². The number of hydrogen-bond donors (Lipinski definition) is 0. The van der Waals surface area contributed by atoms with Crippen molar-refractivity contribution in [1.82, 2.24) is 0 Å². The molecule has 5 nitrogen and oxygen atoms in total. The fourth-order valence-corrected chi connectivity index (χ4v) is 3.26. The van der Waals surface area contributed by atoms with Crippen LogP contribution in [-0.2, 0) is 14.4 Å². The molecule has 0 saturated carbocycles. The van der Waals surface area contributed by atoms with Crippen LogP contribution < -0.4 is 4.90 Å². The van der Waals surface area contributed by atoms with E-state index in [0.717, 1.165) is 4.90 Å². The number of amides is 2. The smallest absolute Gasteiger partial charge is 0.281 e. The summed E-state index contributed by atoms with van der Waals surface area (Å²) in [5.74, 6) is -1.21. The first-order chi connectivity index (χ1) is 12.0. The zero-order valence-electron chi connectivity index (χ0n) is 12.9. The lowest BCUT2D eigenvalue weighted by Gasteiger charge is -2.19. The highest BCUT2D eigenvalue weighted by Gasteiger charge is 2.58. The summed E-state index contributed by atoms with van der Waals surface area (Å²) >= 11 is 5.95. The van der Waals surface area contributed by atoms with E-state index in [9.17, 15) is 14.0 Å². The molecule has 0 radical (unpaired) electrons. The van der Waals surface area contributed by atoms with Crippen LogP contribution in [0.15, 0.2) is 53.7 Å². The van der Waals surface area contributed by atoms with E-state index >= 15 is 0 Å². The number of hydrogen-bond acceptors (Lipinski definition) is 4. The minimum Gasteiger partial charge on any atom is -0.378 e. The number of benzene rings is 2. The molecule has 2 aromatic rings. The summed E-state index contributed by atoms with van der Waals surface area (Å²) in [6.45, 7) is 0. The topological polar surface area (TPSA) is 59.0 Å². The van der Waals surface area contributed by atoms with Gasteiger partial charge in [0.05, 0.1) is 17.8 Å². The fraction of sp³-hybridized carbons (Fsp3) is 0.167. The Morgan fingerprint density at radius 2 is 1.88 bits per heavy atom. The second-order valence-electron chi connectivity index (χ2n) is 6.00. The molecule has 0 aromatic heterocycles. The molecule has 1 saturated heterocycles. The zero-order chi connectivity index (χ0) is 17.6. The van der Waals surface area contributed by atoms with E-state index in [2.05, 4.69) is 5.16 Å². The van der Waals surface area contributed by atoms with Crippen molar-refractivity contribution in [3.63, 3.8) is 0 Å². The van der Waals surface area contributed by atoms with E-state index < -0.39 is 11.5 Å². The Bertz CT molecular complexity index is 913. The van der Waals surface area contributed by atoms with Crippen LogP contribution in [0.2, 0.25) is 5.02 Å². The normalized spacial score (nSPS) is 22.5. The molecule has 126 valence electrons. The summed E-state index contributed by atoms with van der Waals surface area (Å²) in [5, 5.41) is 4.40. The van der Waals surface area contributed by atoms with E-state index in [1.807, 2.05) is 0 Å². The molecule has 0 unspecified atom stereocenters. The number of carbonyl (C=O) groups is 2. The van der Waals surface area contributed by atoms with Crippen molar-refractivity contribution in [2.75, 3.05) is 4.90 Å². The van der Waals surface area contributed by atoms with Gasteiger partial charge in [-0.25, -0.2) is 9.29 Å². The van der Waals surface area contributed by atoms with Crippen molar-refractivity contribution in [1.29, 1.82) is 0 Å². The number of halogens is 2. The molecule has 0 bridgehead atoms. The van der Waals surface area contributed by atoms with Crippen LogP contribution in [-0.4, -0.2) is 23.1 Å². The van der Waals surface area contributed by atoms with Gasteiger partial charge in [-0.1, -0.05) is 35.0 Å². The zero-order valence-corrected chi connectivity index (χ0v) is 13.7. The Kier molecular flexibility index (Phi) is 3.58.